The van der Waals surface area contributed by atoms with Gasteiger partial charge in [-0.05, 0) is 49.8 Å². The Kier molecular flexibility index (Phi) is 3.67. The first-order chi connectivity index (χ1) is 8.06. The third kappa shape index (κ3) is 2.97. The van der Waals surface area contributed by atoms with Crippen LogP contribution in [0.1, 0.15) is 31.7 Å². The molecule has 0 saturated heterocycles. The number of benzene rings is 1. The normalized spacial score (nSPS) is 29.1. The average Bonchev–Trinajstić information content (AvgIpc) is 2.28. The summed E-state index contributed by atoms with van der Waals surface area (Å²) >= 11 is 0. The van der Waals surface area contributed by atoms with Gasteiger partial charge in [-0.1, -0.05) is 13.0 Å². The van der Waals surface area contributed by atoms with Crippen molar-refractivity contribution in [3.63, 3.8) is 0 Å². The molecule has 3 heteroatoms. The highest BCUT2D eigenvalue weighted by Crippen LogP contribution is 2.28. The van der Waals surface area contributed by atoms with Crippen molar-refractivity contribution >= 4 is 0 Å². The fraction of sp³-hybridized carbons (Fsp3) is 0.571. The summed E-state index contributed by atoms with van der Waals surface area (Å²) in [5.74, 6) is 0.633. The van der Waals surface area contributed by atoms with Gasteiger partial charge in [0, 0.05) is 6.04 Å². The molecule has 0 bridgehead atoms. The van der Waals surface area contributed by atoms with E-state index >= 15 is 0 Å². The predicted octanol–water partition coefficient (Wildman–Crippen LogP) is 3.03. The molecule has 1 aromatic rings. The number of hydrogen-bond donors (Lipinski definition) is 1. The number of rotatable bonds is 2. The predicted molar refractivity (Wildman–Crippen MR) is 66.5 cm³/mol. The van der Waals surface area contributed by atoms with E-state index in [1.165, 1.54) is 6.07 Å². The maximum atomic E-state index is 13.6. The Morgan fingerprint density at radius 3 is 2.88 bits per heavy atom. The van der Waals surface area contributed by atoms with Gasteiger partial charge in [0.25, 0.3) is 0 Å². The van der Waals surface area contributed by atoms with Crippen molar-refractivity contribution in [3.05, 3.63) is 29.6 Å². The molecule has 1 aliphatic carbocycles. The van der Waals surface area contributed by atoms with Crippen LogP contribution in [0.4, 0.5) is 4.39 Å². The van der Waals surface area contributed by atoms with E-state index < -0.39 is 0 Å². The third-order valence-electron chi connectivity index (χ3n) is 3.47. The van der Waals surface area contributed by atoms with Crippen molar-refractivity contribution in [1.82, 2.24) is 0 Å². The van der Waals surface area contributed by atoms with E-state index in [-0.39, 0.29) is 18.0 Å². The number of aryl methyl sites for hydroxylation is 1. The molecule has 3 unspecified atom stereocenters. The van der Waals surface area contributed by atoms with Crippen LogP contribution in [0, 0.1) is 18.7 Å². The minimum absolute atomic E-state index is 0.0195. The molecule has 17 heavy (non-hydrogen) atoms. The quantitative estimate of drug-likeness (QED) is 0.858. The standard InChI is InChI=1S/C14H20FNO/c1-9-3-5-11(15)13(7-9)17-14-8-10(2)4-6-12(14)16/h3,5,7,10,12,14H,4,6,8,16H2,1-2H3. The van der Waals surface area contributed by atoms with Gasteiger partial charge in [-0.3, -0.25) is 0 Å². The number of ether oxygens (including phenoxy) is 1. The zero-order chi connectivity index (χ0) is 12.4. The highest BCUT2D eigenvalue weighted by atomic mass is 19.1. The van der Waals surface area contributed by atoms with Gasteiger partial charge in [0.05, 0.1) is 0 Å². The Hall–Kier alpha value is -1.09. The second-order valence-electron chi connectivity index (χ2n) is 5.17. The van der Waals surface area contributed by atoms with Crippen LogP contribution in [0.25, 0.3) is 0 Å². The van der Waals surface area contributed by atoms with Gasteiger partial charge in [0.1, 0.15) is 6.10 Å². The monoisotopic (exact) mass is 237 g/mol. The van der Waals surface area contributed by atoms with Crippen LogP contribution in [0.2, 0.25) is 0 Å². The summed E-state index contributed by atoms with van der Waals surface area (Å²) in [6.07, 6.45) is 2.94. The van der Waals surface area contributed by atoms with Gasteiger partial charge in [0.2, 0.25) is 0 Å². The summed E-state index contributed by atoms with van der Waals surface area (Å²) in [7, 11) is 0. The van der Waals surface area contributed by atoms with Crippen LogP contribution < -0.4 is 10.5 Å². The first kappa shape index (κ1) is 12.4. The molecular formula is C14H20FNO. The van der Waals surface area contributed by atoms with E-state index in [1.54, 1.807) is 12.1 Å². The van der Waals surface area contributed by atoms with Crippen LogP contribution in [0.3, 0.4) is 0 Å². The van der Waals surface area contributed by atoms with E-state index in [0.29, 0.717) is 11.7 Å². The van der Waals surface area contributed by atoms with Crippen molar-refractivity contribution in [1.29, 1.82) is 0 Å². The van der Waals surface area contributed by atoms with Gasteiger partial charge in [0.15, 0.2) is 11.6 Å². The average molecular weight is 237 g/mol. The van der Waals surface area contributed by atoms with Crippen molar-refractivity contribution in [2.24, 2.45) is 11.7 Å². The second kappa shape index (κ2) is 5.05. The molecule has 3 atom stereocenters. The molecule has 94 valence electrons. The van der Waals surface area contributed by atoms with Gasteiger partial charge < -0.3 is 10.5 Å². The van der Waals surface area contributed by atoms with Crippen molar-refractivity contribution in [2.75, 3.05) is 0 Å². The van der Waals surface area contributed by atoms with Crippen molar-refractivity contribution in [2.45, 2.75) is 45.3 Å². The Labute approximate surface area is 102 Å². The Morgan fingerprint density at radius 2 is 2.12 bits per heavy atom. The molecule has 0 aliphatic heterocycles. The molecule has 2 rings (SSSR count). The molecule has 0 radical (unpaired) electrons. The van der Waals surface area contributed by atoms with Crippen LogP contribution in [-0.2, 0) is 0 Å². The maximum absolute atomic E-state index is 13.6. The molecule has 0 heterocycles. The lowest BCUT2D eigenvalue weighted by Gasteiger charge is -2.32. The smallest absolute Gasteiger partial charge is 0.165 e. The van der Waals surface area contributed by atoms with E-state index in [1.807, 2.05) is 6.92 Å². The number of hydrogen-bond acceptors (Lipinski definition) is 2. The van der Waals surface area contributed by atoms with Gasteiger partial charge in [-0.15, -0.1) is 0 Å². The SMILES string of the molecule is Cc1ccc(F)c(OC2CC(C)CCC2N)c1. The van der Waals surface area contributed by atoms with E-state index in [4.69, 9.17) is 10.5 Å². The van der Waals surface area contributed by atoms with Crippen LogP contribution in [0.5, 0.6) is 5.75 Å². The molecule has 2 N–H and O–H groups in total. The molecule has 2 nitrogen and oxygen atoms in total. The largest absolute Gasteiger partial charge is 0.486 e. The molecule has 1 fully saturated rings. The number of nitrogens with two attached hydrogens (primary N) is 1. The molecule has 1 aliphatic rings. The third-order valence-corrected chi connectivity index (χ3v) is 3.47. The number of halogens is 1. The van der Waals surface area contributed by atoms with Gasteiger partial charge in [-0.2, -0.15) is 0 Å². The first-order valence-corrected chi connectivity index (χ1v) is 6.24. The fourth-order valence-corrected chi connectivity index (χ4v) is 2.35. The Morgan fingerprint density at radius 1 is 1.35 bits per heavy atom. The molecular weight excluding hydrogens is 217 g/mol. The first-order valence-electron chi connectivity index (χ1n) is 6.24. The van der Waals surface area contributed by atoms with Crippen molar-refractivity contribution < 1.29 is 9.13 Å². The molecule has 1 aromatic carbocycles. The summed E-state index contributed by atoms with van der Waals surface area (Å²) in [5.41, 5.74) is 7.03. The Bertz CT molecular complexity index is 394. The second-order valence-corrected chi connectivity index (χ2v) is 5.17. The lowest BCUT2D eigenvalue weighted by Crippen LogP contribution is -2.43. The molecule has 0 spiro atoms. The van der Waals surface area contributed by atoms with Crippen LogP contribution in [0.15, 0.2) is 18.2 Å². The summed E-state index contributed by atoms with van der Waals surface area (Å²) < 4.78 is 19.3. The zero-order valence-electron chi connectivity index (χ0n) is 10.4. The fourth-order valence-electron chi connectivity index (χ4n) is 2.35. The summed E-state index contributed by atoms with van der Waals surface area (Å²) in [5, 5.41) is 0. The van der Waals surface area contributed by atoms with E-state index in [9.17, 15) is 4.39 Å². The minimum Gasteiger partial charge on any atom is -0.486 e. The van der Waals surface area contributed by atoms with E-state index in [0.717, 1.165) is 24.8 Å². The van der Waals surface area contributed by atoms with E-state index in [2.05, 4.69) is 6.92 Å². The summed E-state index contributed by atoms with van der Waals surface area (Å²) in [6.45, 7) is 4.12. The van der Waals surface area contributed by atoms with Gasteiger partial charge >= 0.3 is 0 Å². The summed E-state index contributed by atoms with van der Waals surface area (Å²) in [4.78, 5) is 0. The summed E-state index contributed by atoms with van der Waals surface area (Å²) in [6, 6.07) is 4.95. The lowest BCUT2D eigenvalue weighted by molar-refractivity contribution is 0.103. The van der Waals surface area contributed by atoms with Crippen LogP contribution >= 0.6 is 0 Å². The van der Waals surface area contributed by atoms with Gasteiger partial charge in [-0.25, -0.2) is 4.39 Å². The Balaban J connectivity index is 2.11. The highest BCUT2D eigenvalue weighted by molar-refractivity contribution is 5.29. The molecule has 1 saturated carbocycles. The lowest BCUT2D eigenvalue weighted by atomic mass is 9.85. The van der Waals surface area contributed by atoms with Crippen molar-refractivity contribution in [3.8, 4) is 5.75 Å². The highest BCUT2D eigenvalue weighted by Gasteiger charge is 2.28. The van der Waals surface area contributed by atoms with Crippen LogP contribution in [-0.4, -0.2) is 12.1 Å². The zero-order valence-corrected chi connectivity index (χ0v) is 10.4. The minimum atomic E-state index is -0.305. The molecule has 0 amide bonds. The molecule has 0 aromatic heterocycles. The topological polar surface area (TPSA) is 35.2 Å². The maximum Gasteiger partial charge on any atom is 0.165 e.